The molecule has 0 saturated carbocycles. The van der Waals surface area contributed by atoms with Crippen LogP contribution in [-0.2, 0) is 19.5 Å². The Morgan fingerprint density at radius 1 is 0.953 bits per heavy atom. The lowest BCUT2D eigenvalue weighted by Crippen LogP contribution is -2.43. The summed E-state index contributed by atoms with van der Waals surface area (Å²) in [6.45, 7) is -0.199. The van der Waals surface area contributed by atoms with Gasteiger partial charge in [0.05, 0.1) is 31.8 Å². The van der Waals surface area contributed by atoms with Gasteiger partial charge in [-0.2, -0.15) is 5.21 Å². The number of benzene rings is 3. The number of H-pyrrole nitrogens is 1. The molecule has 1 atom stereocenters. The van der Waals surface area contributed by atoms with Gasteiger partial charge in [0.15, 0.2) is 17.4 Å². The van der Waals surface area contributed by atoms with Crippen molar-refractivity contribution in [3.63, 3.8) is 0 Å². The predicted molar refractivity (Wildman–Crippen MR) is 152 cm³/mol. The number of nitrogens with zero attached hydrogens (tertiary/aromatic N) is 5. The van der Waals surface area contributed by atoms with E-state index in [-0.39, 0.29) is 29.0 Å². The van der Waals surface area contributed by atoms with Gasteiger partial charge in [-0.05, 0) is 36.7 Å². The number of ether oxygens (including phenoxy) is 1. The number of halogens is 3. The molecule has 13 heteroatoms. The number of tetrazole rings is 1. The van der Waals surface area contributed by atoms with E-state index in [1.165, 1.54) is 31.4 Å². The highest BCUT2D eigenvalue weighted by molar-refractivity contribution is 5.64. The monoisotopic (exact) mass is 591 g/mol. The van der Waals surface area contributed by atoms with Gasteiger partial charge in [-0.1, -0.05) is 53.7 Å². The van der Waals surface area contributed by atoms with Crippen LogP contribution in [0.25, 0.3) is 11.1 Å². The minimum absolute atomic E-state index is 0.105. The number of rotatable bonds is 12. The number of methoxy groups -OCH3 is 1. The smallest absolute Gasteiger partial charge is 0.331 e. The summed E-state index contributed by atoms with van der Waals surface area (Å²) in [5.41, 5.74) is -1.45. The fourth-order valence-electron chi connectivity index (χ4n) is 4.81. The number of hydrogen-bond acceptors (Lipinski definition) is 7. The fraction of sp³-hybridized carbons (Fsp3) is 0.233. The number of aromatic nitrogens is 6. The molecule has 5 rings (SSSR count). The van der Waals surface area contributed by atoms with Crippen molar-refractivity contribution in [3.8, 4) is 16.9 Å². The van der Waals surface area contributed by atoms with Crippen LogP contribution in [0.3, 0.4) is 0 Å². The van der Waals surface area contributed by atoms with Crippen molar-refractivity contribution in [1.82, 2.24) is 35.1 Å². The summed E-state index contributed by atoms with van der Waals surface area (Å²) in [5, 5.41) is 17.2. The third kappa shape index (κ3) is 6.56. The highest BCUT2D eigenvalue weighted by atomic mass is 19.1. The molecule has 2 heterocycles. The van der Waals surface area contributed by atoms with Crippen LogP contribution in [0.2, 0.25) is 0 Å². The molecule has 0 aliphatic rings. The van der Waals surface area contributed by atoms with Crippen molar-refractivity contribution in [3.05, 3.63) is 128 Å². The van der Waals surface area contributed by atoms with E-state index in [1.807, 2.05) is 30.3 Å². The molecule has 0 amide bonds. The minimum Gasteiger partial charge on any atom is -0.494 e. The molecule has 43 heavy (non-hydrogen) atoms. The van der Waals surface area contributed by atoms with Crippen molar-refractivity contribution in [1.29, 1.82) is 0 Å². The summed E-state index contributed by atoms with van der Waals surface area (Å²) in [6, 6.07) is 16.3. The maximum Gasteiger partial charge on any atom is 0.331 e. The SMILES string of the molecule is COc1cccc(-c2cn(Cc3c(F)cccc3F)c(=O)n(CC(NCCCc3nn[nH]n3)c3ccccc3)c2=O)c1F. The molecule has 2 N–H and O–H groups in total. The number of nitrogens with one attached hydrogen (secondary N) is 2. The van der Waals surface area contributed by atoms with Crippen LogP contribution in [0.4, 0.5) is 13.2 Å². The first kappa shape index (κ1) is 29.5. The maximum atomic E-state index is 15.4. The van der Waals surface area contributed by atoms with Gasteiger partial charge in [-0.15, -0.1) is 10.2 Å². The second kappa shape index (κ2) is 13.3. The molecule has 0 aliphatic heterocycles. The predicted octanol–water partition coefficient (Wildman–Crippen LogP) is 3.63. The van der Waals surface area contributed by atoms with Gasteiger partial charge in [0.1, 0.15) is 11.6 Å². The lowest BCUT2D eigenvalue weighted by atomic mass is 10.1. The van der Waals surface area contributed by atoms with E-state index >= 15 is 4.39 Å². The van der Waals surface area contributed by atoms with Gasteiger partial charge in [0.2, 0.25) is 0 Å². The zero-order chi connectivity index (χ0) is 30.3. The van der Waals surface area contributed by atoms with Crippen molar-refractivity contribution in [2.24, 2.45) is 0 Å². The molecule has 222 valence electrons. The molecule has 1 unspecified atom stereocenters. The van der Waals surface area contributed by atoms with E-state index in [1.54, 1.807) is 0 Å². The summed E-state index contributed by atoms with van der Waals surface area (Å²) < 4.78 is 51.7. The van der Waals surface area contributed by atoms with Gasteiger partial charge in [0, 0.05) is 23.7 Å². The molecule has 0 aliphatic carbocycles. The van der Waals surface area contributed by atoms with E-state index < -0.39 is 41.3 Å². The Bertz CT molecular complexity index is 1790. The Morgan fingerprint density at radius 2 is 1.70 bits per heavy atom. The number of aryl methyl sites for hydroxylation is 1. The van der Waals surface area contributed by atoms with E-state index in [9.17, 15) is 18.4 Å². The van der Waals surface area contributed by atoms with E-state index in [0.29, 0.717) is 25.2 Å². The van der Waals surface area contributed by atoms with E-state index in [4.69, 9.17) is 4.74 Å². The highest BCUT2D eigenvalue weighted by Gasteiger charge is 2.22. The standard InChI is InChI=1S/C30H28F3N7O3/c1-43-26-13-5-10-20(28(26)33)21-16-39(17-22-23(31)11-6-12-24(22)32)30(42)40(29(21)41)18-25(19-8-3-2-4-9-19)34-15-7-14-27-35-37-38-36-27/h2-6,8-13,16,25,34H,7,14-15,17-18H2,1H3,(H,35,36,37,38). The lowest BCUT2D eigenvalue weighted by Gasteiger charge is -2.22. The normalized spacial score (nSPS) is 11.9. The Kier molecular flexibility index (Phi) is 9.11. The largest absolute Gasteiger partial charge is 0.494 e. The quantitative estimate of drug-likeness (QED) is 0.213. The maximum absolute atomic E-state index is 15.4. The van der Waals surface area contributed by atoms with Gasteiger partial charge in [0.25, 0.3) is 5.56 Å². The molecule has 0 radical (unpaired) electrons. The van der Waals surface area contributed by atoms with Gasteiger partial charge >= 0.3 is 5.69 Å². The van der Waals surface area contributed by atoms with Crippen molar-refractivity contribution >= 4 is 0 Å². The molecule has 0 saturated heterocycles. The second-order valence-electron chi connectivity index (χ2n) is 9.74. The number of hydrogen-bond donors (Lipinski definition) is 2. The molecule has 0 bridgehead atoms. The summed E-state index contributed by atoms with van der Waals surface area (Å²) in [6.07, 6.45) is 2.29. The third-order valence-corrected chi connectivity index (χ3v) is 7.02. The van der Waals surface area contributed by atoms with Crippen LogP contribution < -0.4 is 21.3 Å². The first-order valence-electron chi connectivity index (χ1n) is 13.5. The van der Waals surface area contributed by atoms with E-state index in [0.717, 1.165) is 33.0 Å². The molecular formula is C30H28F3N7O3. The zero-order valence-corrected chi connectivity index (χ0v) is 23.1. The van der Waals surface area contributed by atoms with Gasteiger partial charge in [-0.25, -0.2) is 18.0 Å². The van der Waals surface area contributed by atoms with Crippen LogP contribution in [0.1, 0.15) is 29.4 Å². The minimum atomic E-state index is -0.857. The molecule has 10 nitrogen and oxygen atoms in total. The van der Waals surface area contributed by atoms with Crippen molar-refractivity contribution in [2.45, 2.75) is 32.0 Å². The zero-order valence-electron chi connectivity index (χ0n) is 23.1. The molecule has 2 aromatic heterocycles. The molecule has 5 aromatic rings. The topological polar surface area (TPSA) is 120 Å². The summed E-state index contributed by atoms with van der Waals surface area (Å²) >= 11 is 0. The third-order valence-electron chi connectivity index (χ3n) is 7.02. The summed E-state index contributed by atoms with van der Waals surface area (Å²) in [5.74, 6) is -2.08. The average molecular weight is 592 g/mol. The van der Waals surface area contributed by atoms with E-state index in [2.05, 4.69) is 25.9 Å². The summed E-state index contributed by atoms with van der Waals surface area (Å²) in [4.78, 5) is 27.6. The van der Waals surface area contributed by atoms with Crippen LogP contribution in [0.15, 0.2) is 82.5 Å². The average Bonchev–Trinajstić information content (AvgIpc) is 3.54. The Hall–Kier alpha value is -5.04. The first-order valence-corrected chi connectivity index (χ1v) is 13.5. The van der Waals surface area contributed by atoms with Crippen molar-refractivity contribution < 1.29 is 17.9 Å². The second-order valence-corrected chi connectivity index (χ2v) is 9.74. The lowest BCUT2D eigenvalue weighted by molar-refractivity contribution is 0.387. The van der Waals surface area contributed by atoms with Crippen molar-refractivity contribution in [2.75, 3.05) is 13.7 Å². The Morgan fingerprint density at radius 3 is 2.40 bits per heavy atom. The van der Waals surface area contributed by atoms with Crippen LogP contribution in [-0.4, -0.2) is 43.4 Å². The summed E-state index contributed by atoms with van der Waals surface area (Å²) in [7, 11) is 1.29. The molecule has 0 fully saturated rings. The van der Waals surface area contributed by atoms with Gasteiger partial charge < -0.3 is 10.1 Å². The first-order chi connectivity index (χ1) is 20.9. The Labute approximate surface area is 243 Å². The Balaban J connectivity index is 1.58. The molecule has 0 spiro atoms. The van der Waals surface area contributed by atoms with Crippen LogP contribution in [0.5, 0.6) is 5.75 Å². The highest BCUT2D eigenvalue weighted by Crippen LogP contribution is 2.27. The van der Waals surface area contributed by atoms with Gasteiger partial charge in [-0.3, -0.25) is 13.9 Å². The number of aromatic amines is 1. The fourth-order valence-corrected chi connectivity index (χ4v) is 4.81. The molecular weight excluding hydrogens is 563 g/mol. The van der Waals surface area contributed by atoms with Crippen LogP contribution >= 0.6 is 0 Å². The van der Waals surface area contributed by atoms with Crippen LogP contribution in [0, 0.1) is 17.5 Å². The molecule has 3 aromatic carbocycles.